The SMILES string of the molecule is COC(=O)N1C2=NC(C)(C)NC(=O)N2c2ccccc21. The Morgan fingerprint density at radius 3 is 2.60 bits per heavy atom. The highest BCUT2D eigenvalue weighted by molar-refractivity contribution is 6.35. The zero-order chi connectivity index (χ0) is 14.5. The Kier molecular flexibility index (Phi) is 2.47. The Hall–Kier alpha value is -2.57. The molecule has 3 rings (SSSR count). The highest BCUT2D eigenvalue weighted by Gasteiger charge is 2.45. The number of nitrogens with zero attached hydrogens (tertiary/aromatic N) is 3. The van der Waals surface area contributed by atoms with E-state index < -0.39 is 11.8 Å². The lowest BCUT2D eigenvalue weighted by molar-refractivity contribution is 0.182. The van der Waals surface area contributed by atoms with Crippen molar-refractivity contribution in [2.75, 3.05) is 16.9 Å². The molecule has 104 valence electrons. The summed E-state index contributed by atoms with van der Waals surface area (Å²) in [6.07, 6.45) is -0.579. The van der Waals surface area contributed by atoms with Gasteiger partial charge in [0.15, 0.2) is 0 Å². The average molecular weight is 274 g/mol. The Bertz CT molecular complexity index is 638. The van der Waals surface area contributed by atoms with Crippen molar-refractivity contribution in [3.05, 3.63) is 24.3 Å². The molecule has 1 N–H and O–H groups in total. The molecule has 7 heteroatoms. The highest BCUT2D eigenvalue weighted by Crippen LogP contribution is 2.39. The number of hydrogen-bond acceptors (Lipinski definition) is 4. The molecule has 0 spiro atoms. The molecular formula is C13H14N4O3. The smallest absolute Gasteiger partial charge is 0.421 e. The van der Waals surface area contributed by atoms with Crippen molar-refractivity contribution in [3.63, 3.8) is 0 Å². The average Bonchev–Trinajstić information content (AvgIpc) is 2.70. The maximum absolute atomic E-state index is 12.3. The molecule has 0 saturated carbocycles. The summed E-state index contributed by atoms with van der Waals surface area (Å²) in [6.45, 7) is 3.52. The summed E-state index contributed by atoms with van der Waals surface area (Å²) >= 11 is 0. The number of urea groups is 1. The third-order valence-electron chi connectivity index (χ3n) is 3.12. The molecule has 0 aromatic heterocycles. The summed E-state index contributed by atoms with van der Waals surface area (Å²) < 4.78 is 4.79. The molecule has 0 bridgehead atoms. The number of aliphatic imine (C=N–C) groups is 1. The summed E-state index contributed by atoms with van der Waals surface area (Å²) in [4.78, 5) is 31.4. The number of methoxy groups -OCH3 is 1. The van der Waals surface area contributed by atoms with Crippen molar-refractivity contribution in [1.82, 2.24) is 5.32 Å². The molecule has 3 amide bonds. The summed E-state index contributed by atoms with van der Waals surface area (Å²) in [7, 11) is 1.29. The minimum Gasteiger partial charge on any atom is -0.452 e. The van der Waals surface area contributed by atoms with Gasteiger partial charge in [-0.05, 0) is 26.0 Å². The van der Waals surface area contributed by atoms with Gasteiger partial charge in [-0.1, -0.05) is 12.1 Å². The maximum atomic E-state index is 12.3. The zero-order valence-corrected chi connectivity index (χ0v) is 11.4. The number of guanidine groups is 1. The number of benzene rings is 1. The molecule has 2 aliphatic rings. The van der Waals surface area contributed by atoms with E-state index in [9.17, 15) is 9.59 Å². The van der Waals surface area contributed by atoms with E-state index >= 15 is 0 Å². The van der Waals surface area contributed by atoms with E-state index in [0.717, 1.165) is 0 Å². The summed E-state index contributed by atoms with van der Waals surface area (Å²) in [6, 6.07) is 6.76. The van der Waals surface area contributed by atoms with Crippen LogP contribution in [-0.4, -0.2) is 30.9 Å². The van der Waals surface area contributed by atoms with Gasteiger partial charge in [0.2, 0.25) is 5.96 Å². The molecule has 0 fully saturated rings. The van der Waals surface area contributed by atoms with Gasteiger partial charge in [-0.15, -0.1) is 0 Å². The van der Waals surface area contributed by atoms with Gasteiger partial charge < -0.3 is 10.1 Å². The summed E-state index contributed by atoms with van der Waals surface area (Å²) in [5.74, 6) is 0.256. The third-order valence-corrected chi connectivity index (χ3v) is 3.12. The normalized spacial score (nSPS) is 18.9. The van der Waals surface area contributed by atoms with E-state index in [2.05, 4.69) is 10.3 Å². The minimum atomic E-state index is -0.781. The van der Waals surface area contributed by atoms with Gasteiger partial charge in [-0.2, -0.15) is 0 Å². The Balaban J connectivity index is 2.22. The molecule has 2 aliphatic heterocycles. The van der Waals surface area contributed by atoms with Crippen LogP contribution in [0.25, 0.3) is 0 Å². The highest BCUT2D eigenvalue weighted by atomic mass is 16.5. The number of amides is 3. The number of para-hydroxylation sites is 2. The van der Waals surface area contributed by atoms with Gasteiger partial charge in [0.25, 0.3) is 0 Å². The Labute approximate surface area is 115 Å². The lowest BCUT2D eigenvalue weighted by Crippen LogP contribution is -2.59. The standard InChI is InChI=1S/C13H14N4O3/c1-13(2)14-10-16(11(18)15-13)8-6-4-5-7-9(8)17(10)12(19)20-3/h4-7H,1-3H3,(H,15,18). The number of carbonyl (C=O) groups is 2. The molecule has 7 nitrogen and oxygen atoms in total. The van der Waals surface area contributed by atoms with Crippen LogP contribution in [-0.2, 0) is 4.74 Å². The predicted octanol–water partition coefficient (Wildman–Crippen LogP) is 1.89. The van der Waals surface area contributed by atoms with Gasteiger partial charge in [0.1, 0.15) is 5.66 Å². The van der Waals surface area contributed by atoms with Crippen molar-refractivity contribution in [3.8, 4) is 0 Å². The van der Waals surface area contributed by atoms with Gasteiger partial charge in [-0.25, -0.2) is 24.4 Å². The summed E-state index contributed by atoms with van der Waals surface area (Å²) in [5, 5.41) is 2.77. The van der Waals surface area contributed by atoms with E-state index in [1.165, 1.54) is 16.9 Å². The topological polar surface area (TPSA) is 74.2 Å². The Morgan fingerprint density at radius 2 is 1.95 bits per heavy atom. The summed E-state index contributed by atoms with van der Waals surface area (Å²) in [5.41, 5.74) is 0.396. The van der Waals surface area contributed by atoms with Crippen LogP contribution < -0.4 is 15.1 Å². The van der Waals surface area contributed by atoms with Crippen molar-refractivity contribution in [2.45, 2.75) is 19.5 Å². The molecule has 1 aromatic carbocycles. The first kappa shape index (κ1) is 12.5. The monoisotopic (exact) mass is 274 g/mol. The molecule has 0 radical (unpaired) electrons. The molecule has 20 heavy (non-hydrogen) atoms. The van der Waals surface area contributed by atoms with Crippen LogP contribution in [0.3, 0.4) is 0 Å². The number of fused-ring (bicyclic) bond motifs is 3. The molecular weight excluding hydrogens is 260 g/mol. The van der Waals surface area contributed by atoms with E-state index in [-0.39, 0.29) is 12.0 Å². The van der Waals surface area contributed by atoms with E-state index in [0.29, 0.717) is 11.4 Å². The van der Waals surface area contributed by atoms with Gasteiger partial charge in [-0.3, -0.25) is 0 Å². The number of rotatable bonds is 0. The fourth-order valence-electron chi connectivity index (χ4n) is 2.32. The quantitative estimate of drug-likeness (QED) is 0.785. The lowest BCUT2D eigenvalue weighted by atomic mass is 10.2. The van der Waals surface area contributed by atoms with Crippen molar-refractivity contribution in [1.29, 1.82) is 0 Å². The van der Waals surface area contributed by atoms with E-state index in [1.807, 2.05) is 0 Å². The second-order valence-electron chi connectivity index (χ2n) is 5.03. The fraction of sp³-hybridized carbons (Fsp3) is 0.308. The minimum absolute atomic E-state index is 0.256. The van der Waals surface area contributed by atoms with Crippen molar-refractivity contribution < 1.29 is 14.3 Å². The van der Waals surface area contributed by atoms with Crippen LogP contribution >= 0.6 is 0 Å². The molecule has 0 aliphatic carbocycles. The number of hydrogen-bond donors (Lipinski definition) is 1. The zero-order valence-electron chi connectivity index (χ0n) is 11.4. The van der Waals surface area contributed by atoms with Crippen LogP contribution in [0, 0.1) is 0 Å². The van der Waals surface area contributed by atoms with Crippen LogP contribution in [0.4, 0.5) is 21.0 Å². The molecule has 1 aromatic rings. The molecule has 0 saturated heterocycles. The lowest BCUT2D eigenvalue weighted by Gasteiger charge is -2.33. The molecule has 2 heterocycles. The van der Waals surface area contributed by atoms with Crippen LogP contribution in [0.1, 0.15) is 13.8 Å². The van der Waals surface area contributed by atoms with Gasteiger partial charge >= 0.3 is 12.1 Å². The van der Waals surface area contributed by atoms with Crippen LogP contribution in [0.15, 0.2) is 29.3 Å². The maximum Gasteiger partial charge on any atom is 0.421 e. The Morgan fingerprint density at radius 1 is 1.30 bits per heavy atom. The van der Waals surface area contributed by atoms with Gasteiger partial charge in [0, 0.05) is 0 Å². The largest absolute Gasteiger partial charge is 0.452 e. The molecule has 0 unspecified atom stereocenters. The second-order valence-corrected chi connectivity index (χ2v) is 5.03. The first-order valence-corrected chi connectivity index (χ1v) is 6.14. The van der Waals surface area contributed by atoms with Crippen LogP contribution in [0.2, 0.25) is 0 Å². The first-order valence-electron chi connectivity index (χ1n) is 6.14. The molecule has 0 atom stereocenters. The number of nitrogens with one attached hydrogen (secondary N) is 1. The van der Waals surface area contributed by atoms with Crippen molar-refractivity contribution >= 4 is 29.5 Å². The fourth-order valence-corrected chi connectivity index (χ4v) is 2.32. The van der Waals surface area contributed by atoms with E-state index in [4.69, 9.17) is 4.74 Å². The van der Waals surface area contributed by atoms with Crippen LogP contribution in [0.5, 0.6) is 0 Å². The predicted molar refractivity (Wildman–Crippen MR) is 73.9 cm³/mol. The second kappa shape index (κ2) is 3.96. The number of anilines is 2. The number of carbonyl (C=O) groups excluding carboxylic acids is 2. The third kappa shape index (κ3) is 1.63. The first-order chi connectivity index (χ1) is 9.44. The number of ether oxygens (including phenoxy) is 1. The van der Waals surface area contributed by atoms with Crippen molar-refractivity contribution in [2.24, 2.45) is 4.99 Å². The van der Waals surface area contributed by atoms with Gasteiger partial charge in [0.05, 0.1) is 18.5 Å². The van der Waals surface area contributed by atoms with E-state index in [1.54, 1.807) is 38.1 Å².